The molecule has 0 aromatic heterocycles. The summed E-state index contributed by atoms with van der Waals surface area (Å²) >= 11 is 1.54. The Kier molecular flexibility index (Phi) is 5.72. The molecule has 0 fully saturated rings. The number of thioether (sulfide) groups is 1. The van der Waals surface area contributed by atoms with Gasteiger partial charge in [-0.2, -0.15) is 4.68 Å². The van der Waals surface area contributed by atoms with Crippen molar-refractivity contribution in [1.82, 2.24) is 19.3 Å². The van der Waals surface area contributed by atoms with Crippen LogP contribution in [0.1, 0.15) is 36.1 Å². The predicted molar refractivity (Wildman–Crippen MR) is 127 cm³/mol. The van der Waals surface area contributed by atoms with E-state index in [1.165, 1.54) is 22.5 Å². The summed E-state index contributed by atoms with van der Waals surface area (Å²) in [7, 11) is 0. The SMILES string of the molecule is Cc1c(CSc2nc3nn(-c4ccccc4)c(=O)c-3c3n2CCCCC3)cccc1[N+](=O)[O-]. The number of fused-ring (bicyclic) bond motifs is 3. The number of hydrogen-bond acceptors (Lipinski definition) is 6. The van der Waals surface area contributed by atoms with Gasteiger partial charge in [0.1, 0.15) is 5.56 Å². The van der Waals surface area contributed by atoms with Gasteiger partial charge in [-0.05, 0) is 43.9 Å². The first-order valence-corrected chi connectivity index (χ1v) is 12.0. The lowest BCUT2D eigenvalue weighted by molar-refractivity contribution is -0.385. The molecule has 0 saturated heterocycles. The van der Waals surface area contributed by atoms with Crippen LogP contribution in [0.3, 0.4) is 0 Å². The fourth-order valence-electron chi connectivity index (χ4n) is 4.37. The quantitative estimate of drug-likeness (QED) is 0.184. The summed E-state index contributed by atoms with van der Waals surface area (Å²) in [6.07, 6.45) is 3.94. The number of nitro benzene ring substituents is 1. The summed E-state index contributed by atoms with van der Waals surface area (Å²) in [6, 6.07) is 14.6. The van der Waals surface area contributed by atoms with Gasteiger partial charge in [-0.25, -0.2) is 4.98 Å². The number of aromatic nitrogens is 4. The van der Waals surface area contributed by atoms with Crippen molar-refractivity contribution in [3.05, 3.63) is 85.8 Å². The fraction of sp³-hybridized carbons (Fsp3) is 0.292. The highest BCUT2D eigenvalue weighted by Gasteiger charge is 2.27. The monoisotopic (exact) mass is 461 g/mol. The zero-order valence-electron chi connectivity index (χ0n) is 18.2. The zero-order valence-corrected chi connectivity index (χ0v) is 19.0. The number of benzene rings is 2. The number of nitro groups is 1. The van der Waals surface area contributed by atoms with Crippen molar-refractivity contribution in [2.75, 3.05) is 0 Å². The lowest BCUT2D eigenvalue weighted by Gasteiger charge is -2.18. The van der Waals surface area contributed by atoms with Gasteiger partial charge in [0.15, 0.2) is 11.0 Å². The molecule has 5 rings (SSSR count). The van der Waals surface area contributed by atoms with E-state index in [0.717, 1.165) is 48.6 Å². The molecule has 9 heteroatoms. The number of rotatable bonds is 5. The Hall–Kier alpha value is -3.46. The smallest absolute Gasteiger partial charge is 0.284 e. The van der Waals surface area contributed by atoms with E-state index in [0.29, 0.717) is 28.4 Å². The number of hydrogen-bond donors (Lipinski definition) is 0. The summed E-state index contributed by atoms with van der Waals surface area (Å²) in [6.45, 7) is 2.58. The van der Waals surface area contributed by atoms with Crippen LogP contribution in [0.5, 0.6) is 0 Å². The Labute approximate surface area is 194 Å². The van der Waals surface area contributed by atoms with E-state index in [1.54, 1.807) is 13.0 Å². The first-order valence-electron chi connectivity index (χ1n) is 11.0. The third-order valence-electron chi connectivity index (χ3n) is 6.14. The summed E-state index contributed by atoms with van der Waals surface area (Å²) < 4.78 is 3.59. The molecule has 3 aliphatic heterocycles. The molecule has 0 N–H and O–H groups in total. The van der Waals surface area contributed by atoms with Crippen LogP contribution in [0.2, 0.25) is 0 Å². The summed E-state index contributed by atoms with van der Waals surface area (Å²) in [5, 5.41) is 16.7. The van der Waals surface area contributed by atoms with Gasteiger partial charge < -0.3 is 4.57 Å². The van der Waals surface area contributed by atoms with E-state index >= 15 is 0 Å². The average Bonchev–Trinajstić information content (AvgIpc) is 2.98. The minimum atomic E-state index is -0.347. The molecular formula is C24H23N5O3S. The Morgan fingerprint density at radius 1 is 1.09 bits per heavy atom. The maximum absolute atomic E-state index is 13.3. The van der Waals surface area contributed by atoms with Crippen molar-refractivity contribution in [3.63, 3.8) is 0 Å². The van der Waals surface area contributed by atoms with Gasteiger partial charge in [-0.15, -0.1) is 5.10 Å². The highest BCUT2D eigenvalue weighted by molar-refractivity contribution is 7.98. The molecule has 3 heterocycles. The third-order valence-corrected chi connectivity index (χ3v) is 7.16. The van der Waals surface area contributed by atoms with Gasteiger partial charge in [0, 0.05) is 29.6 Å². The Morgan fingerprint density at radius 3 is 2.70 bits per heavy atom. The summed E-state index contributed by atoms with van der Waals surface area (Å²) in [5.41, 5.74) is 3.86. The van der Waals surface area contributed by atoms with Gasteiger partial charge in [0.2, 0.25) is 0 Å². The predicted octanol–water partition coefficient (Wildman–Crippen LogP) is 4.77. The molecule has 33 heavy (non-hydrogen) atoms. The zero-order chi connectivity index (χ0) is 22.9. The standard InChI is InChI=1S/C24H23N5O3S/c1-16-17(9-8-13-19(16)29(31)32)15-33-24-25-22-21(20-12-6-3-7-14-27(20)24)23(30)28(26-22)18-10-4-2-5-11-18/h2,4-5,8-11,13H,3,6-7,12,14-15H2,1H3. The molecule has 8 nitrogen and oxygen atoms in total. The first-order chi connectivity index (χ1) is 16.0. The van der Waals surface area contributed by atoms with Crippen LogP contribution in [-0.4, -0.2) is 24.3 Å². The van der Waals surface area contributed by atoms with Crippen molar-refractivity contribution in [3.8, 4) is 17.1 Å². The van der Waals surface area contributed by atoms with Crippen LogP contribution in [0.15, 0.2) is 58.5 Å². The lowest BCUT2D eigenvalue weighted by Crippen LogP contribution is -2.19. The van der Waals surface area contributed by atoms with Crippen LogP contribution < -0.4 is 5.56 Å². The van der Waals surface area contributed by atoms with E-state index in [1.807, 2.05) is 36.4 Å². The molecule has 0 unspecified atom stereocenters. The van der Waals surface area contributed by atoms with Gasteiger partial charge in [-0.1, -0.05) is 48.5 Å². The van der Waals surface area contributed by atoms with E-state index in [4.69, 9.17) is 4.98 Å². The molecular weight excluding hydrogens is 438 g/mol. The largest absolute Gasteiger partial charge is 0.324 e. The maximum atomic E-state index is 13.3. The molecule has 3 aliphatic rings. The van der Waals surface area contributed by atoms with Gasteiger partial charge >= 0.3 is 0 Å². The molecule has 0 spiro atoms. The van der Waals surface area contributed by atoms with Crippen LogP contribution in [-0.2, 0) is 18.7 Å². The van der Waals surface area contributed by atoms with Gasteiger partial charge in [0.05, 0.1) is 10.6 Å². The lowest BCUT2D eigenvalue weighted by atomic mass is 10.1. The minimum absolute atomic E-state index is 0.126. The van der Waals surface area contributed by atoms with Crippen molar-refractivity contribution in [2.45, 2.75) is 50.1 Å². The molecule has 0 amide bonds. The molecule has 2 aromatic carbocycles. The van der Waals surface area contributed by atoms with Crippen LogP contribution in [0.4, 0.5) is 5.69 Å². The molecule has 0 atom stereocenters. The van der Waals surface area contributed by atoms with Crippen molar-refractivity contribution >= 4 is 17.4 Å². The van der Waals surface area contributed by atoms with E-state index in [9.17, 15) is 14.9 Å². The molecule has 0 aliphatic carbocycles. The molecule has 2 aromatic rings. The highest BCUT2D eigenvalue weighted by Crippen LogP contribution is 2.33. The topological polar surface area (TPSA) is 95.8 Å². The van der Waals surface area contributed by atoms with Gasteiger partial charge in [0.25, 0.3) is 11.2 Å². The Bertz CT molecular complexity index is 1360. The Morgan fingerprint density at radius 2 is 1.91 bits per heavy atom. The second kappa shape index (κ2) is 8.82. The molecule has 0 bridgehead atoms. The minimum Gasteiger partial charge on any atom is -0.324 e. The van der Waals surface area contributed by atoms with E-state index < -0.39 is 0 Å². The summed E-state index contributed by atoms with van der Waals surface area (Å²) in [5.74, 6) is 1.00. The second-order valence-corrected chi connectivity index (χ2v) is 9.10. The maximum Gasteiger partial charge on any atom is 0.284 e. The van der Waals surface area contributed by atoms with Crippen LogP contribution >= 0.6 is 11.8 Å². The van der Waals surface area contributed by atoms with Gasteiger partial charge in [-0.3, -0.25) is 14.9 Å². The van der Waals surface area contributed by atoms with Crippen molar-refractivity contribution < 1.29 is 4.92 Å². The second-order valence-electron chi connectivity index (χ2n) is 8.16. The van der Waals surface area contributed by atoms with E-state index in [2.05, 4.69) is 9.67 Å². The fourth-order valence-corrected chi connectivity index (χ4v) is 5.48. The highest BCUT2D eigenvalue weighted by atomic mass is 32.2. The normalized spacial score (nSPS) is 13.6. The van der Waals surface area contributed by atoms with Crippen LogP contribution in [0, 0.1) is 17.0 Å². The first kappa shape index (κ1) is 21.4. The Balaban J connectivity index is 1.59. The average molecular weight is 462 g/mol. The third kappa shape index (κ3) is 3.93. The molecule has 0 saturated carbocycles. The molecule has 0 radical (unpaired) electrons. The van der Waals surface area contributed by atoms with E-state index in [-0.39, 0.29) is 16.2 Å². The molecule has 168 valence electrons. The summed E-state index contributed by atoms with van der Waals surface area (Å²) in [4.78, 5) is 29.1. The number of nitrogens with zero attached hydrogens (tertiary/aromatic N) is 5. The van der Waals surface area contributed by atoms with Crippen molar-refractivity contribution in [2.24, 2.45) is 0 Å². The number of para-hydroxylation sites is 1. The van der Waals surface area contributed by atoms with Crippen molar-refractivity contribution in [1.29, 1.82) is 0 Å². The van der Waals surface area contributed by atoms with Crippen LogP contribution in [0.25, 0.3) is 17.1 Å².